The average Bonchev–Trinajstić information content (AvgIpc) is 3.18. The Hall–Kier alpha value is -2.41. The fourth-order valence-electron chi connectivity index (χ4n) is 2.43. The van der Waals surface area contributed by atoms with Crippen molar-refractivity contribution < 1.29 is 14.3 Å². The molecule has 2 aromatic rings. The Balaban J connectivity index is 1.59. The van der Waals surface area contributed by atoms with Gasteiger partial charge in [0.05, 0.1) is 25.3 Å². The number of carbonyl (C=O) groups excluding carboxylic acids is 1. The van der Waals surface area contributed by atoms with Gasteiger partial charge in [-0.15, -0.1) is 0 Å². The first-order valence-electron chi connectivity index (χ1n) is 7.20. The summed E-state index contributed by atoms with van der Waals surface area (Å²) in [6, 6.07) is 5.34. The van der Waals surface area contributed by atoms with Crippen LogP contribution in [0.25, 0.3) is 0 Å². The molecule has 1 aliphatic rings. The largest absolute Gasteiger partial charge is 0.481 e. The Morgan fingerprint density at radius 2 is 2.45 bits per heavy atom. The fourth-order valence-corrected chi connectivity index (χ4v) is 2.43. The first kappa shape index (κ1) is 14.5. The molecule has 1 aliphatic heterocycles. The van der Waals surface area contributed by atoms with E-state index in [0.29, 0.717) is 11.7 Å². The molecule has 0 saturated carbocycles. The summed E-state index contributed by atoms with van der Waals surface area (Å²) in [6.45, 7) is 0.773. The van der Waals surface area contributed by atoms with Crippen molar-refractivity contribution in [3.8, 4) is 5.88 Å². The maximum absolute atomic E-state index is 12.1. The van der Waals surface area contributed by atoms with Crippen molar-refractivity contribution in [2.45, 2.75) is 25.4 Å². The fraction of sp³-hybridized carbons (Fsp3) is 0.400. The van der Waals surface area contributed by atoms with Crippen LogP contribution in [0.1, 0.15) is 30.2 Å². The minimum Gasteiger partial charge on any atom is -0.481 e. The summed E-state index contributed by atoms with van der Waals surface area (Å²) in [5.74, 6) is 0.862. The molecule has 116 valence electrons. The topological polar surface area (TPSA) is 89.1 Å². The molecular weight excluding hydrogens is 284 g/mol. The van der Waals surface area contributed by atoms with E-state index in [1.807, 2.05) is 6.07 Å². The van der Waals surface area contributed by atoms with Gasteiger partial charge in [-0.3, -0.25) is 9.89 Å². The number of nitrogens with one attached hydrogen (secondary N) is 2. The summed E-state index contributed by atoms with van der Waals surface area (Å²) in [4.78, 5) is 16.1. The van der Waals surface area contributed by atoms with Gasteiger partial charge in [0.1, 0.15) is 0 Å². The lowest BCUT2D eigenvalue weighted by Crippen LogP contribution is -2.14. The maximum atomic E-state index is 12.1. The Bertz CT molecular complexity index is 650. The van der Waals surface area contributed by atoms with Crippen molar-refractivity contribution in [2.24, 2.45) is 0 Å². The van der Waals surface area contributed by atoms with Crippen LogP contribution in [0.3, 0.4) is 0 Å². The number of pyridine rings is 1. The summed E-state index contributed by atoms with van der Waals surface area (Å²) in [5.41, 5.74) is 1.73. The molecule has 7 nitrogen and oxygen atoms in total. The first-order valence-corrected chi connectivity index (χ1v) is 7.20. The van der Waals surface area contributed by atoms with Gasteiger partial charge in [-0.25, -0.2) is 4.98 Å². The molecule has 0 radical (unpaired) electrons. The molecule has 1 saturated heterocycles. The van der Waals surface area contributed by atoms with Gasteiger partial charge in [0.25, 0.3) is 0 Å². The van der Waals surface area contributed by atoms with Crippen LogP contribution in [0.2, 0.25) is 0 Å². The average molecular weight is 302 g/mol. The molecule has 0 spiro atoms. The molecule has 2 aromatic heterocycles. The molecule has 0 aromatic carbocycles. The molecule has 1 atom stereocenters. The number of hydrogen-bond donors (Lipinski definition) is 2. The molecule has 0 aliphatic carbocycles. The van der Waals surface area contributed by atoms with Gasteiger partial charge in [-0.05, 0) is 24.5 Å². The van der Waals surface area contributed by atoms with Crippen molar-refractivity contribution in [2.75, 3.05) is 19.0 Å². The number of anilines is 1. The van der Waals surface area contributed by atoms with Crippen molar-refractivity contribution >= 4 is 11.7 Å². The van der Waals surface area contributed by atoms with Crippen LogP contribution >= 0.6 is 0 Å². The van der Waals surface area contributed by atoms with E-state index in [4.69, 9.17) is 9.47 Å². The van der Waals surface area contributed by atoms with Gasteiger partial charge in [0.2, 0.25) is 11.8 Å². The van der Waals surface area contributed by atoms with Crippen molar-refractivity contribution in [1.29, 1.82) is 0 Å². The Labute approximate surface area is 128 Å². The van der Waals surface area contributed by atoms with E-state index >= 15 is 0 Å². The Morgan fingerprint density at radius 1 is 1.55 bits per heavy atom. The molecule has 0 bridgehead atoms. The van der Waals surface area contributed by atoms with Crippen LogP contribution in [0, 0.1) is 0 Å². The molecular formula is C15H18N4O3. The van der Waals surface area contributed by atoms with E-state index in [1.54, 1.807) is 25.4 Å². The maximum Gasteiger partial charge on any atom is 0.229 e. The molecule has 1 fully saturated rings. The quantitative estimate of drug-likeness (QED) is 0.879. The minimum absolute atomic E-state index is 0.0580. The molecule has 1 amide bonds. The van der Waals surface area contributed by atoms with E-state index in [9.17, 15) is 4.79 Å². The highest BCUT2D eigenvalue weighted by atomic mass is 16.5. The van der Waals surface area contributed by atoms with Crippen molar-refractivity contribution in [3.63, 3.8) is 0 Å². The van der Waals surface area contributed by atoms with Crippen LogP contribution in [-0.4, -0.2) is 34.8 Å². The number of ether oxygens (including phenoxy) is 2. The van der Waals surface area contributed by atoms with E-state index in [-0.39, 0.29) is 18.4 Å². The first-order chi connectivity index (χ1) is 10.7. The van der Waals surface area contributed by atoms with Crippen LogP contribution < -0.4 is 10.1 Å². The molecule has 1 unspecified atom stereocenters. The van der Waals surface area contributed by atoms with Crippen LogP contribution in [-0.2, 0) is 16.0 Å². The monoisotopic (exact) mass is 302 g/mol. The van der Waals surface area contributed by atoms with Crippen LogP contribution in [0.15, 0.2) is 24.4 Å². The number of aromatic nitrogens is 3. The zero-order valence-corrected chi connectivity index (χ0v) is 12.3. The molecule has 7 heteroatoms. The van der Waals surface area contributed by atoms with Gasteiger partial charge in [-0.2, -0.15) is 5.10 Å². The number of H-pyrrole nitrogens is 1. The second-order valence-electron chi connectivity index (χ2n) is 5.14. The second-order valence-corrected chi connectivity index (χ2v) is 5.14. The predicted molar refractivity (Wildman–Crippen MR) is 79.6 cm³/mol. The highest BCUT2D eigenvalue weighted by Gasteiger charge is 2.20. The zero-order chi connectivity index (χ0) is 15.4. The number of aromatic amines is 1. The Morgan fingerprint density at radius 3 is 3.23 bits per heavy atom. The number of amides is 1. The Kier molecular flexibility index (Phi) is 4.34. The summed E-state index contributed by atoms with van der Waals surface area (Å²) in [7, 11) is 1.54. The number of carbonyl (C=O) groups is 1. The third-order valence-electron chi connectivity index (χ3n) is 3.51. The van der Waals surface area contributed by atoms with Crippen LogP contribution in [0.4, 0.5) is 5.82 Å². The lowest BCUT2D eigenvalue weighted by Gasteiger charge is -2.05. The standard InChI is InChI=1S/C15H18N4O3/c1-21-15-8-10(4-5-16-15)7-14(20)17-13-9-11(18-19-13)12-3-2-6-22-12/h4-5,8-9,12H,2-3,6-7H2,1H3,(H2,17,18,19,20). The number of hydrogen-bond acceptors (Lipinski definition) is 5. The van der Waals surface area contributed by atoms with E-state index in [1.165, 1.54) is 0 Å². The van der Waals surface area contributed by atoms with E-state index in [2.05, 4.69) is 20.5 Å². The van der Waals surface area contributed by atoms with Crippen LogP contribution in [0.5, 0.6) is 5.88 Å². The zero-order valence-electron chi connectivity index (χ0n) is 12.3. The third kappa shape index (κ3) is 3.43. The van der Waals surface area contributed by atoms with E-state index < -0.39 is 0 Å². The SMILES string of the molecule is COc1cc(CC(=O)Nc2cc(C3CCCO3)[nH]n2)ccn1. The van der Waals surface area contributed by atoms with Gasteiger partial charge >= 0.3 is 0 Å². The highest BCUT2D eigenvalue weighted by Crippen LogP contribution is 2.28. The number of methoxy groups -OCH3 is 1. The van der Waals surface area contributed by atoms with Crippen molar-refractivity contribution in [1.82, 2.24) is 15.2 Å². The summed E-state index contributed by atoms with van der Waals surface area (Å²) < 4.78 is 10.6. The summed E-state index contributed by atoms with van der Waals surface area (Å²) in [5, 5.41) is 9.79. The molecule has 3 heterocycles. The third-order valence-corrected chi connectivity index (χ3v) is 3.51. The normalized spacial score (nSPS) is 17.4. The summed E-state index contributed by atoms with van der Waals surface area (Å²) >= 11 is 0. The highest BCUT2D eigenvalue weighted by molar-refractivity contribution is 5.91. The number of rotatable bonds is 5. The van der Waals surface area contributed by atoms with Gasteiger partial charge in [0, 0.05) is 24.9 Å². The molecule has 3 rings (SSSR count). The van der Waals surface area contributed by atoms with Gasteiger partial charge < -0.3 is 14.8 Å². The predicted octanol–water partition coefficient (Wildman–Crippen LogP) is 1.85. The molecule has 2 N–H and O–H groups in total. The second kappa shape index (κ2) is 6.57. The summed E-state index contributed by atoms with van der Waals surface area (Å²) in [6.07, 6.45) is 3.94. The number of nitrogens with zero attached hydrogens (tertiary/aromatic N) is 2. The minimum atomic E-state index is -0.140. The van der Waals surface area contributed by atoms with Gasteiger partial charge in [-0.1, -0.05) is 0 Å². The van der Waals surface area contributed by atoms with Gasteiger partial charge in [0.15, 0.2) is 5.82 Å². The lowest BCUT2D eigenvalue weighted by molar-refractivity contribution is -0.115. The van der Waals surface area contributed by atoms with E-state index in [0.717, 1.165) is 30.7 Å². The molecule has 22 heavy (non-hydrogen) atoms. The van der Waals surface area contributed by atoms with Crippen molar-refractivity contribution in [3.05, 3.63) is 35.7 Å². The lowest BCUT2D eigenvalue weighted by atomic mass is 10.2. The smallest absolute Gasteiger partial charge is 0.229 e.